The van der Waals surface area contributed by atoms with E-state index in [4.69, 9.17) is 4.74 Å². The molecule has 1 heterocycles. The van der Waals surface area contributed by atoms with Crippen LogP contribution in [0.15, 0.2) is 11.1 Å². The molecule has 0 aromatic heterocycles. The van der Waals surface area contributed by atoms with E-state index >= 15 is 0 Å². The number of ketones is 1. The summed E-state index contributed by atoms with van der Waals surface area (Å²) in [7, 11) is 0. The zero-order chi connectivity index (χ0) is 12.4. The zero-order valence-corrected chi connectivity index (χ0v) is 10.6. The van der Waals surface area contributed by atoms with E-state index in [1.165, 1.54) is 0 Å². The van der Waals surface area contributed by atoms with Gasteiger partial charge in [-0.15, -0.1) is 0 Å². The van der Waals surface area contributed by atoms with Gasteiger partial charge in [-0.05, 0) is 51.2 Å². The summed E-state index contributed by atoms with van der Waals surface area (Å²) in [6, 6.07) is 0. The van der Waals surface area contributed by atoms with E-state index in [-0.39, 0.29) is 23.3 Å². The van der Waals surface area contributed by atoms with Crippen molar-refractivity contribution in [1.29, 1.82) is 0 Å². The smallest absolute Gasteiger partial charge is 0.317 e. The number of rotatable bonds is 0. The van der Waals surface area contributed by atoms with Crippen LogP contribution in [-0.2, 0) is 14.3 Å². The molecule has 0 aromatic carbocycles. The molecular weight excluding hydrogens is 216 g/mol. The largest absolute Gasteiger partial charge is 0.459 e. The molecule has 3 nitrogen and oxygen atoms in total. The molecule has 0 N–H and O–H groups in total. The third-order valence-electron chi connectivity index (χ3n) is 4.99. The Labute approximate surface area is 101 Å². The Bertz CT molecular complexity index is 458. The van der Waals surface area contributed by atoms with Gasteiger partial charge >= 0.3 is 5.97 Å². The van der Waals surface area contributed by atoms with Gasteiger partial charge in [0.05, 0.1) is 5.41 Å². The molecule has 3 rings (SSSR count). The van der Waals surface area contributed by atoms with Crippen LogP contribution >= 0.6 is 0 Å². The number of hydrogen-bond donors (Lipinski definition) is 0. The SMILES string of the molecule is CC1=C2CC[C@@H]3C(C)(C)OC(=O)[C@]23CCC1=O. The second-order valence-corrected chi connectivity index (χ2v) is 6.08. The highest BCUT2D eigenvalue weighted by atomic mass is 16.6. The van der Waals surface area contributed by atoms with Crippen molar-refractivity contribution in [3.05, 3.63) is 11.1 Å². The minimum absolute atomic E-state index is 0.0909. The third kappa shape index (κ3) is 1.12. The zero-order valence-electron chi connectivity index (χ0n) is 10.6. The lowest BCUT2D eigenvalue weighted by Gasteiger charge is -2.33. The molecule has 0 amide bonds. The molecule has 0 unspecified atom stereocenters. The Morgan fingerprint density at radius 1 is 1.24 bits per heavy atom. The van der Waals surface area contributed by atoms with Crippen LogP contribution in [0.1, 0.15) is 46.5 Å². The standard InChI is InChI=1S/C14H18O3/c1-8-9-4-5-11-13(2,3)17-12(16)14(9,11)7-6-10(8)15/h11H,4-7H2,1-3H3/t11-,14-/m1/s1. The molecule has 3 aliphatic rings. The molecule has 0 radical (unpaired) electrons. The molecule has 1 saturated heterocycles. The summed E-state index contributed by atoms with van der Waals surface area (Å²) in [4.78, 5) is 24.1. The number of Topliss-reactive ketones (excluding diaryl/α,β-unsaturated/α-hetero) is 1. The number of esters is 1. The number of ether oxygens (including phenoxy) is 1. The van der Waals surface area contributed by atoms with Gasteiger partial charge in [0.15, 0.2) is 5.78 Å². The predicted molar refractivity (Wildman–Crippen MR) is 62.3 cm³/mol. The van der Waals surface area contributed by atoms with Crippen molar-refractivity contribution in [2.24, 2.45) is 11.3 Å². The Kier molecular flexibility index (Phi) is 1.94. The van der Waals surface area contributed by atoms with Gasteiger partial charge in [-0.2, -0.15) is 0 Å². The third-order valence-corrected chi connectivity index (χ3v) is 4.99. The molecule has 1 saturated carbocycles. The second-order valence-electron chi connectivity index (χ2n) is 6.08. The fourth-order valence-corrected chi connectivity index (χ4v) is 4.19. The fourth-order valence-electron chi connectivity index (χ4n) is 4.19. The van der Waals surface area contributed by atoms with Gasteiger partial charge in [0.25, 0.3) is 0 Å². The van der Waals surface area contributed by atoms with Crippen LogP contribution in [0.25, 0.3) is 0 Å². The second kappa shape index (κ2) is 3.01. The average Bonchev–Trinajstić information content (AvgIpc) is 2.71. The molecule has 17 heavy (non-hydrogen) atoms. The van der Waals surface area contributed by atoms with E-state index in [1.54, 1.807) is 0 Å². The first-order valence-electron chi connectivity index (χ1n) is 6.36. The number of carbonyl (C=O) groups excluding carboxylic acids is 2. The monoisotopic (exact) mass is 234 g/mol. The summed E-state index contributed by atoms with van der Waals surface area (Å²) < 4.78 is 5.58. The maximum absolute atomic E-state index is 12.3. The van der Waals surface area contributed by atoms with Gasteiger partial charge in [0.2, 0.25) is 0 Å². The van der Waals surface area contributed by atoms with Crippen molar-refractivity contribution < 1.29 is 14.3 Å². The quantitative estimate of drug-likeness (QED) is 0.604. The Morgan fingerprint density at radius 3 is 2.65 bits per heavy atom. The molecule has 0 bridgehead atoms. The minimum Gasteiger partial charge on any atom is -0.459 e. The number of cyclic esters (lactones) is 1. The summed E-state index contributed by atoms with van der Waals surface area (Å²) in [5.74, 6) is 0.371. The van der Waals surface area contributed by atoms with Crippen LogP contribution < -0.4 is 0 Å². The van der Waals surface area contributed by atoms with Crippen molar-refractivity contribution in [1.82, 2.24) is 0 Å². The van der Waals surface area contributed by atoms with Crippen molar-refractivity contribution in [2.45, 2.75) is 52.1 Å². The van der Waals surface area contributed by atoms with Gasteiger partial charge in [-0.25, -0.2) is 0 Å². The van der Waals surface area contributed by atoms with Crippen LogP contribution in [-0.4, -0.2) is 17.4 Å². The summed E-state index contributed by atoms with van der Waals surface area (Å²) in [5.41, 5.74) is 1.07. The number of allylic oxidation sites excluding steroid dienone is 1. The molecule has 92 valence electrons. The summed E-state index contributed by atoms with van der Waals surface area (Å²) in [6.07, 6.45) is 3.02. The van der Waals surface area contributed by atoms with Gasteiger partial charge < -0.3 is 4.74 Å². The van der Waals surface area contributed by atoms with Gasteiger partial charge in [-0.1, -0.05) is 0 Å². The highest BCUT2D eigenvalue weighted by Gasteiger charge is 2.66. The van der Waals surface area contributed by atoms with E-state index in [2.05, 4.69) is 0 Å². The van der Waals surface area contributed by atoms with Crippen molar-refractivity contribution in [2.75, 3.05) is 0 Å². The molecule has 3 heteroatoms. The highest BCUT2D eigenvalue weighted by Crippen LogP contribution is 2.62. The Balaban J connectivity index is 2.20. The predicted octanol–water partition coefficient (Wildman–Crippen LogP) is 2.40. The topological polar surface area (TPSA) is 43.4 Å². The Hall–Kier alpha value is -1.12. The van der Waals surface area contributed by atoms with Crippen LogP contribution in [0.5, 0.6) is 0 Å². The lowest BCUT2D eigenvalue weighted by molar-refractivity contribution is -0.151. The summed E-state index contributed by atoms with van der Waals surface area (Å²) in [6.45, 7) is 5.87. The minimum atomic E-state index is -0.457. The van der Waals surface area contributed by atoms with E-state index in [9.17, 15) is 9.59 Å². The molecule has 1 aliphatic heterocycles. The molecule has 2 fully saturated rings. The van der Waals surface area contributed by atoms with Gasteiger partial charge in [-0.3, -0.25) is 9.59 Å². The molecule has 1 spiro atoms. The van der Waals surface area contributed by atoms with Crippen molar-refractivity contribution >= 4 is 11.8 Å². The average molecular weight is 234 g/mol. The van der Waals surface area contributed by atoms with E-state index < -0.39 is 5.41 Å². The summed E-state index contributed by atoms with van der Waals surface area (Å²) >= 11 is 0. The summed E-state index contributed by atoms with van der Waals surface area (Å²) in [5, 5.41) is 0. The van der Waals surface area contributed by atoms with Crippen molar-refractivity contribution in [3.63, 3.8) is 0 Å². The van der Waals surface area contributed by atoms with Gasteiger partial charge in [0.1, 0.15) is 5.60 Å². The lowest BCUT2D eigenvalue weighted by Crippen LogP contribution is -2.38. The van der Waals surface area contributed by atoms with E-state index in [0.29, 0.717) is 12.8 Å². The van der Waals surface area contributed by atoms with Crippen LogP contribution in [0.2, 0.25) is 0 Å². The number of hydrogen-bond acceptors (Lipinski definition) is 3. The molecule has 0 aromatic rings. The maximum atomic E-state index is 12.3. The van der Waals surface area contributed by atoms with E-state index in [0.717, 1.165) is 24.0 Å². The van der Waals surface area contributed by atoms with Crippen LogP contribution in [0.4, 0.5) is 0 Å². The fraction of sp³-hybridized carbons (Fsp3) is 0.714. The first-order valence-corrected chi connectivity index (χ1v) is 6.36. The highest BCUT2D eigenvalue weighted by molar-refractivity contribution is 6.00. The van der Waals surface area contributed by atoms with Crippen LogP contribution in [0, 0.1) is 11.3 Å². The normalized spacial score (nSPS) is 39.1. The van der Waals surface area contributed by atoms with Gasteiger partial charge in [0, 0.05) is 12.3 Å². The van der Waals surface area contributed by atoms with Crippen LogP contribution in [0.3, 0.4) is 0 Å². The number of carbonyl (C=O) groups is 2. The Morgan fingerprint density at radius 2 is 1.94 bits per heavy atom. The maximum Gasteiger partial charge on any atom is 0.317 e. The lowest BCUT2D eigenvalue weighted by atomic mass is 9.65. The van der Waals surface area contributed by atoms with Crippen molar-refractivity contribution in [3.8, 4) is 0 Å². The first-order chi connectivity index (χ1) is 7.89. The molecule has 2 aliphatic carbocycles. The van der Waals surface area contributed by atoms with E-state index in [1.807, 2.05) is 20.8 Å². The first kappa shape index (κ1) is 11.0. The molecule has 2 atom stereocenters. The molecular formula is C14H18O3.